The summed E-state index contributed by atoms with van der Waals surface area (Å²) in [5.41, 5.74) is 11.5. The van der Waals surface area contributed by atoms with Gasteiger partial charge in [0.2, 0.25) is 0 Å². The number of pyridine rings is 1. The number of likely N-dealkylation sites (N-methyl/N-ethyl adjacent to an activating group) is 2. The summed E-state index contributed by atoms with van der Waals surface area (Å²) < 4.78 is 0. The molecule has 7 nitrogen and oxygen atoms in total. The zero-order chi connectivity index (χ0) is 20.3. The molecule has 0 aliphatic heterocycles. The van der Waals surface area contributed by atoms with Crippen molar-refractivity contribution in [2.24, 2.45) is 5.73 Å². The van der Waals surface area contributed by atoms with E-state index in [2.05, 4.69) is 37.7 Å². The Balaban J connectivity index is 2.18. The van der Waals surface area contributed by atoms with Gasteiger partial charge in [0, 0.05) is 43.7 Å². The molecule has 1 amide bonds. The Kier molecular flexibility index (Phi) is 5.94. The minimum Gasteiger partial charge on any atom is -0.373 e. The van der Waals surface area contributed by atoms with Gasteiger partial charge in [-0.05, 0) is 38.2 Å². The molecule has 0 saturated carbocycles. The topological polar surface area (TPSA) is 91.1 Å². The van der Waals surface area contributed by atoms with Gasteiger partial charge >= 0.3 is 0 Å². The van der Waals surface area contributed by atoms with Gasteiger partial charge in [0.1, 0.15) is 0 Å². The molecule has 2 aromatic heterocycles. The Morgan fingerprint density at radius 2 is 1.96 bits per heavy atom. The Morgan fingerprint density at radius 3 is 2.64 bits per heavy atom. The molecule has 0 bridgehead atoms. The van der Waals surface area contributed by atoms with Gasteiger partial charge in [0.05, 0.1) is 28.6 Å². The standard InChI is InChI=1S/C21H28N6O/c1-5-6-14-9-15(12-23-11-14)16-10-17(27(4)8-7-26(2)3)18(21(22)28)20-19(16)24-13-25-20/h9-13H,5-8H2,1-4H3,(H2,22,28)(H,24,25). The molecule has 3 rings (SSSR count). The van der Waals surface area contributed by atoms with E-state index in [0.29, 0.717) is 11.1 Å². The molecule has 28 heavy (non-hydrogen) atoms. The van der Waals surface area contributed by atoms with Crippen LogP contribution >= 0.6 is 0 Å². The van der Waals surface area contributed by atoms with Crippen LogP contribution in [0.1, 0.15) is 29.3 Å². The van der Waals surface area contributed by atoms with E-state index in [-0.39, 0.29) is 0 Å². The number of nitrogens with one attached hydrogen (secondary N) is 1. The van der Waals surface area contributed by atoms with Gasteiger partial charge in [-0.3, -0.25) is 9.78 Å². The van der Waals surface area contributed by atoms with Crippen LogP contribution in [0.2, 0.25) is 0 Å². The van der Waals surface area contributed by atoms with Gasteiger partial charge in [-0.15, -0.1) is 0 Å². The number of carbonyl (C=O) groups excluding carboxylic acids is 1. The summed E-state index contributed by atoms with van der Waals surface area (Å²) >= 11 is 0. The quantitative estimate of drug-likeness (QED) is 0.627. The van der Waals surface area contributed by atoms with Crippen molar-refractivity contribution in [3.8, 4) is 11.1 Å². The Morgan fingerprint density at radius 1 is 1.18 bits per heavy atom. The molecule has 0 spiro atoms. The van der Waals surface area contributed by atoms with Gasteiger partial charge < -0.3 is 20.5 Å². The number of aromatic amines is 1. The summed E-state index contributed by atoms with van der Waals surface area (Å²) in [4.78, 5) is 28.4. The van der Waals surface area contributed by atoms with Crippen molar-refractivity contribution in [2.75, 3.05) is 39.1 Å². The van der Waals surface area contributed by atoms with Crippen LogP contribution in [0.3, 0.4) is 0 Å². The fraction of sp³-hybridized carbons (Fsp3) is 0.381. The van der Waals surface area contributed by atoms with E-state index in [9.17, 15) is 4.79 Å². The second-order valence-electron chi connectivity index (χ2n) is 7.37. The number of nitrogens with two attached hydrogens (primary N) is 1. The molecule has 3 aromatic rings. The highest BCUT2D eigenvalue weighted by molar-refractivity contribution is 6.12. The van der Waals surface area contributed by atoms with E-state index in [0.717, 1.165) is 48.3 Å². The Bertz CT molecular complexity index is 978. The van der Waals surface area contributed by atoms with E-state index in [1.165, 1.54) is 5.56 Å². The van der Waals surface area contributed by atoms with Gasteiger partial charge in [-0.2, -0.15) is 0 Å². The number of imidazole rings is 1. The lowest BCUT2D eigenvalue weighted by molar-refractivity contribution is 0.100. The number of hydrogen-bond acceptors (Lipinski definition) is 5. The third-order valence-electron chi connectivity index (χ3n) is 4.87. The van der Waals surface area contributed by atoms with Gasteiger partial charge in [-0.25, -0.2) is 4.98 Å². The number of aromatic nitrogens is 3. The number of fused-ring (bicyclic) bond motifs is 1. The molecule has 7 heteroatoms. The zero-order valence-corrected chi connectivity index (χ0v) is 17.0. The van der Waals surface area contributed by atoms with Crippen LogP contribution in [0.15, 0.2) is 30.9 Å². The summed E-state index contributed by atoms with van der Waals surface area (Å²) in [7, 11) is 6.03. The maximum absolute atomic E-state index is 12.3. The van der Waals surface area contributed by atoms with Crippen molar-refractivity contribution in [1.82, 2.24) is 19.9 Å². The number of carbonyl (C=O) groups is 1. The zero-order valence-electron chi connectivity index (χ0n) is 17.0. The highest BCUT2D eigenvalue weighted by Crippen LogP contribution is 2.35. The number of hydrogen-bond donors (Lipinski definition) is 2. The van der Waals surface area contributed by atoms with Gasteiger partial charge in [0.25, 0.3) is 5.91 Å². The average molecular weight is 380 g/mol. The van der Waals surface area contributed by atoms with Crippen molar-refractivity contribution in [2.45, 2.75) is 19.8 Å². The van der Waals surface area contributed by atoms with Crippen LogP contribution in [-0.4, -0.2) is 60.0 Å². The summed E-state index contributed by atoms with van der Waals surface area (Å²) in [6, 6.07) is 4.15. The first kappa shape index (κ1) is 19.8. The first-order valence-corrected chi connectivity index (χ1v) is 9.52. The normalized spacial score (nSPS) is 11.3. The average Bonchev–Trinajstić information content (AvgIpc) is 3.14. The number of benzene rings is 1. The maximum Gasteiger partial charge on any atom is 0.253 e. The number of primary amides is 1. The first-order chi connectivity index (χ1) is 13.4. The molecule has 148 valence electrons. The summed E-state index contributed by atoms with van der Waals surface area (Å²) in [5.74, 6) is -0.467. The molecule has 0 aliphatic carbocycles. The molecule has 0 saturated heterocycles. The van der Waals surface area contributed by atoms with Crippen molar-refractivity contribution < 1.29 is 4.79 Å². The molecular formula is C21H28N6O. The second-order valence-corrected chi connectivity index (χ2v) is 7.37. The summed E-state index contributed by atoms with van der Waals surface area (Å²) in [6.45, 7) is 3.77. The van der Waals surface area contributed by atoms with E-state index in [4.69, 9.17) is 5.73 Å². The third-order valence-corrected chi connectivity index (χ3v) is 4.87. The van der Waals surface area contributed by atoms with Crippen molar-refractivity contribution in [1.29, 1.82) is 0 Å². The van der Waals surface area contributed by atoms with E-state index >= 15 is 0 Å². The highest BCUT2D eigenvalue weighted by Gasteiger charge is 2.21. The molecule has 0 radical (unpaired) electrons. The Hall–Kier alpha value is -2.93. The van der Waals surface area contributed by atoms with Gasteiger partial charge in [-0.1, -0.05) is 13.3 Å². The van der Waals surface area contributed by atoms with Gasteiger partial charge in [0.15, 0.2) is 0 Å². The number of anilines is 1. The fourth-order valence-corrected chi connectivity index (χ4v) is 3.40. The van der Waals surface area contributed by atoms with Crippen LogP contribution in [-0.2, 0) is 6.42 Å². The predicted octanol–water partition coefficient (Wildman–Crippen LogP) is 2.67. The molecule has 0 aliphatic rings. The van der Waals surface area contributed by atoms with E-state index in [1.54, 1.807) is 6.33 Å². The lowest BCUT2D eigenvalue weighted by atomic mass is 9.98. The lowest BCUT2D eigenvalue weighted by Crippen LogP contribution is -2.30. The van der Waals surface area contributed by atoms with Crippen LogP contribution < -0.4 is 10.6 Å². The number of amides is 1. The first-order valence-electron chi connectivity index (χ1n) is 9.52. The lowest BCUT2D eigenvalue weighted by Gasteiger charge is -2.24. The maximum atomic E-state index is 12.3. The monoisotopic (exact) mass is 380 g/mol. The molecule has 3 N–H and O–H groups in total. The second kappa shape index (κ2) is 8.39. The van der Waals surface area contributed by atoms with E-state index in [1.807, 2.05) is 39.6 Å². The number of H-pyrrole nitrogens is 1. The van der Waals surface area contributed by atoms with Crippen LogP contribution in [0.4, 0.5) is 5.69 Å². The summed E-state index contributed by atoms with van der Waals surface area (Å²) in [5, 5.41) is 0. The van der Waals surface area contributed by atoms with Crippen molar-refractivity contribution >= 4 is 22.6 Å². The van der Waals surface area contributed by atoms with Crippen LogP contribution in [0.25, 0.3) is 22.2 Å². The molecule has 2 heterocycles. The molecule has 0 atom stereocenters. The number of nitrogens with zero attached hydrogens (tertiary/aromatic N) is 4. The van der Waals surface area contributed by atoms with Crippen molar-refractivity contribution in [3.63, 3.8) is 0 Å². The predicted molar refractivity (Wildman–Crippen MR) is 114 cm³/mol. The van der Waals surface area contributed by atoms with Crippen molar-refractivity contribution in [3.05, 3.63) is 42.0 Å². The van der Waals surface area contributed by atoms with E-state index < -0.39 is 5.91 Å². The number of rotatable bonds is 8. The third kappa shape index (κ3) is 3.99. The minimum absolute atomic E-state index is 0.467. The molecule has 1 aromatic carbocycles. The van der Waals surface area contributed by atoms with Crippen LogP contribution in [0, 0.1) is 0 Å². The Labute approximate surface area is 165 Å². The fourth-order valence-electron chi connectivity index (χ4n) is 3.40. The molecule has 0 fully saturated rings. The molecule has 0 unspecified atom stereocenters. The summed E-state index contributed by atoms with van der Waals surface area (Å²) in [6.07, 6.45) is 7.38. The minimum atomic E-state index is -0.467. The largest absolute Gasteiger partial charge is 0.373 e. The highest BCUT2D eigenvalue weighted by atomic mass is 16.1. The number of aryl methyl sites for hydroxylation is 1. The smallest absolute Gasteiger partial charge is 0.253 e. The van der Waals surface area contributed by atoms with Crippen LogP contribution in [0.5, 0.6) is 0 Å². The molecular weight excluding hydrogens is 352 g/mol. The SMILES string of the molecule is CCCc1cncc(-c2cc(N(C)CCN(C)C)c(C(N)=O)c3[nH]cnc23)c1.